The highest BCUT2D eigenvalue weighted by atomic mass is 19.1. The molecular formula is C32H26FN3O4. The number of aromatic nitrogens is 2. The number of imidazole rings is 1. The molecule has 2 aromatic heterocycles. The topological polar surface area (TPSA) is 92.9 Å². The predicted octanol–water partition coefficient (Wildman–Crippen LogP) is 5.98. The van der Waals surface area contributed by atoms with Crippen molar-refractivity contribution in [3.63, 3.8) is 0 Å². The second kappa shape index (κ2) is 10.3. The zero-order valence-electron chi connectivity index (χ0n) is 21.7. The van der Waals surface area contributed by atoms with E-state index in [1.54, 1.807) is 12.1 Å². The third-order valence-electron chi connectivity index (χ3n) is 7.31. The molecule has 0 saturated carbocycles. The highest BCUT2D eigenvalue weighted by molar-refractivity contribution is 5.82. The number of hydrogen-bond donors (Lipinski definition) is 2. The molecular weight excluding hydrogens is 509 g/mol. The molecule has 0 aliphatic heterocycles. The molecule has 1 aliphatic rings. The number of halogens is 1. The number of pyridine rings is 1. The monoisotopic (exact) mass is 535 g/mol. The van der Waals surface area contributed by atoms with Crippen molar-refractivity contribution in [1.29, 1.82) is 0 Å². The number of benzene rings is 3. The minimum absolute atomic E-state index is 0.0587. The molecule has 1 amide bonds. The van der Waals surface area contributed by atoms with Gasteiger partial charge in [0.05, 0.1) is 11.4 Å². The molecule has 1 aliphatic carbocycles. The molecule has 0 saturated heterocycles. The minimum atomic E-state index is -1.28. The fraction of sp³-hybridized carbons (Fsp3) is 0.156. The van der Waals surface area contributed by atoms with Gasteiger partial charge in [0.15, 0.2) is 0 Å². The Hall–Kier alpha value is -4.98. The SMILES string of the molecule is Cc1ccc2nc(-c3ccc(F)cc3)c(CC(NC(=O)OCC3c4ccccc4-c4ccccc43)C(=O)O)n2c1. The number of hydrogen-bond acceptors (Lipinski definition) is 4. The van der Waals surface area contributed by atoms with Crippen LogP contribution >= 0.6 is 0 Å². The first-order valence-electron chi connectivity index (χ1n) is 13.0. The molecule has 1 atom stereocenters. The zero-order valence-corrected chi connectivity index (χ0v) is 21.7. The van der Waals surface area contributed by atoms with E-state index in [-0.39, 0.29) is 24.8 Å². The van der Waals surface area contributed by atoms with E-state index in [0.29, 0.717) is 22.6 Å². The smallest absolute Gasteiger partial charge is 0.407 e. The van der Waals surface area contributed by atoms with Gasteiger partial charge in [-0.25, -0.2) is 19.0 Å². The number of carboxylic acids is 1. The van der Waals surface area contributed by atoms with Gasteiger partial charge < -0.3 is 19.6 Å². The van der Waals surface area contributed by atoms with Crippen LogP contribution in [0.5, 0.6) is 0 Å². The predicted molar refractivity (Wildman–Crippen MR) is 149 cm³/mol. The number of ether oxygens (including phenoxy) is 1. The van der Waals surface area contributed by atoms with Gasteiger partial charge >= 0.3 is 12.1 Å². The Labute approximate surface area is 229 Å². The van der Waals surface area contributed by atoms with Gasteiger partial charge in [0.2, 0.25) is 0 Å². The standard InChI is InChI=1S/C32H26FN3O4/c1-19-10-15-29-35-30(20-11-13-21(33)14-12-20)28(36(29)17-19)16-27(31(37)38)34-32(39)40-18-26-24-8-4-2-6-22(24)23-7-3-5-9-25(23)26/h2-15,17,26-27H,16,18H2,1H3,(H,34,39)(H,37,38). The highest BCUT2D eigenvalue weighted by Gasteiger charge is 2.30. The second-order valence-electron chi connectivity index (χ2n) is 9.91. The van der Waals surface area contributed by atoms with Gasteiger partial charge in [0.25, 0.3) is 0 Å². The first-order chi connectivity index (χ1) is 19.4. The summed E-state index contributed by atoms with van der Waals surface area (Å²) >= 11 is 0. The number of aryl methyl sites for hydroxylation is 1. The van der Waals surface area contributed by atoms with Crippen LogP contribution in [0.3, 0.4) is 0 Å². The summed E-state index contributed by atoms with van der Waals surface area (Å²) in [5.74, 6) is -1.74. The number of carbonyl (C=O) groups excluding carboxylic acids is 1. The van der Waals surface area contributed by atoms with Gasteiger partial charge in [-0.1, -0.05) is 54.6 Å². The lowest BCUT2D eigenvalue weighted by Crippen LogP contribution is -2.43. The Bertz CT molecular complexity index is 1700. The third-order valence-corrected chi connectivity index (χ3v) is 7.31. The van der Waals surface area contributed by atoms with Crippen molar-refractivity contribution in [2.45, 2.75) is 25.3 Å². The van der Waals surface area contributed by atoms with Crippen molar-refractivity contribution < 1.29 is 23.8 Å². The molecule has 1 unspecified atom stereocenters. The summed E-state index contributed by atoms with van der Waals surface area (Å²) in [5, 5.41) is 12.6. The molecule has 3 aromatic carbocycles. The molecule has 6 rings (SSSR count). The minimum Gasteiger partial charge on any atom is -0.480 e. The molecule has 200 valence electrons. The number of nitrogens with zero attached hydrogens (tertiary/aromatic N) is 2. The van der Waals surface area contributed by atoms with Crippen molar-refractivity contribution in [2.75, 3.05) is 6.61 Å². The number of alkyl carbamates (subject to hydrolysis) is 1. The molecule has 8 heteroatoms. The molecule has 40 heavy (non-hydrogen) atoms. The average Bonchev–Trinajstić information content (AvgIpc) is 3.47. The summed E-state index contributed by atoms with van der Waals surface area (Å²) in [7, 11) is 0. The average molecular weight is 536 g/mol. The number of fused-ring (bicyclic) bond motifs is 4. The summed E-state index contributed by atoms with van der Waals surface area (Å²) in [5.41, 5.74) is 7.65. The van der Waals surface area contributed by atoms with Gasteiger partial charge in [0, 0.05) is 24.1 Å². The summed E-state index contributed by atoms with van der Waals surface area (Å²) in [6.07, 6.45) is 0.982. The van der Waals surface area contributed by atoms with Crippen LogP contribution in [0.1, 0.15) is 28.3 Å². The molecule has 0 fully saturated rings. The molecule has 0 spiro atoms. The number of rotatable bonds is 7. The largest absolute Gasteiger partial charge is 0.480 e. The number of carbonyl (C=O) groups is 2. The number of aliphatic carboxylic acids is 1. The van der Waals surface area contributed by atoms with E-state index in [1.807, 2.05) is 78.2 Å². The maximum Gasteiger partial charge on any atom is 0.407 e. The van der Waals surface area contributed by atoms with E-state index in [2.05, 4.69) is 10.3 Å². The molecule has 0 bridgehead atoms. The third kappa shape index (κ3) is 4.68. The maximum absolute atomic E-state index is 13.6. The van der Waals surface area contributed by atoms with E-state index in [4.69, 9.17) is 4.74 Å². The summed E-state index contributed by atoms with van der Waals surface area (Å²) in [6.45, 7) is 1.99. The Morgan fingerprint density at radius 2 is 1.62 bits per heavy atom. The van der Waals surface area contributed by atoms with Gasteiger partial charge in [-0.3, -0.25) is 0 Å². The fourth-order valence-corrected chi connectivity index (χ4v) is 5.41. The van der Waals surface area contributed by atoms with Gasteiger partial charge in [0.1, 0.15) is 24.1 Å². The van der Waals surface area contributed by atoms with Gasteiger partial charge in [-0.2, -0.15) is 0 Å². The quantitative estimate of drug-likeness (QED) is 0.267. The van der Waals surface area contributed by atoms with Crippen molar-refractivity contribution in [3.05, 3.63) is 119 Å². The van der Waals surface area contributed by atoms with Crippen LogP contribution in [0.15, 0.2) is 91.1 Å². The van der Waals surface area contributed by atoms with E-state index in [9.17, 15) is 19.1 Å². The lowest BCUT2D eigenvalue weighted by molar-refractivity contribution is -0.139. The Balaban J connectivity index is 1.24. The van der Waals surface area contributed by atoms with E-state index in [1.165, 1.54) is 12.1 Å². The van der Waals surface area contributed by atoms with Crippen LogP contribution in [-0.4, -0.2) is 39.2 Å². The summed E-state index contributed by atoms with van der Waals surface area (Å²) in [4.78, 5) is 29.9. The molecule has 7 nitrogen and oxygen atoms in total. The second-order valence-corrected chi connectivity index (χ2v) is 9.91. The molecule has 0 radical (unpaired) electrons. The number of nitrogens with one attached hydrogen (secondary N) is 1. The van der Waals surface area contributed by atoms with E-state index < -0.39 is 18.1 Å². The highest BCUT2D eigenvalue weighted by Crippen LogP contribution is 2.44. The normalized spacial score (nSPS) is 13.1. The van der Waals surface area contributed by atoms with Crippen LogP contribution in [0.25, 0.3) is 28.0 Å². The van der Waals surface area contributed by atoms with E-state index in [0.717, 1.165) is 27.8 Å². The van der Waals surface area contributed by atoms with Crippen LogP contribution in [-0.2, 0) is 16.0 Å². The molecule has 2 heterocycles. The number of carboxylic acid groups (broad SMARTS) is 1. The van der Waals surface area contributed by atoms with Gasteiger partial charge in [-0.15, -0.1) is 0 Å². The Morgan fingerprint density at radius 3 is 2.27 bits per heavy atom. The Morgan fingerprint density at radius 1 is 0.975 bits per heavy atom. The van der Waals surface area contributed by atoms with Crippen LogP contribution in [0.4, 0.5) is 9.18 Å². The summed E-state index contributed by atoms with van der Waals surface area (Å²) in [6, 6.07) is 24.3. The zero-order chi connectivity index (χ0) is 27.8. The number of amides is 1. The lowest BCUT2D eigenvalue weighted by Gasteiger charge is -2.18. The van der Waals surface area contributed by atoms with Crippen molar-refractivity contribution in [3.8, 4) is 22.4 Å². The first-order valence-corrected chi connectivity index (χ1v) is 13.0. The van der Waals surface area contributed by atoms with Gasteiger partial charge in [-0.05, 0) is 65.1 Å². The van der Waals surface area contributed by atoms with Crippen LogP contribution < -0.4 is 5.32 Å². The summed E-state index contributed by atoms with van der Waals surface area (Å²) < 4.78 is 21.0. The fourth-order valence-electron chi connectivity index (χ4n) is 5.41. The van der Waals surface area contributed by atoms with Crippen molar-refractivity contribution >= 4 is 17.7 Å². The van der Waals surface area contributed by atoms with Crippen molar-refractivity contribution in [2.24, 2.45) is 0 Å². The van der Waals surface area contributed by atoms with Crippen LogP contribution in [0.2, 0.25) is 0 Å². The first kappa shape index (κ1) is 25.3. The lowest BCUT2D eigenvalue weighted by atomic mass is 9.98. The van der Waals surface area contributed by atoms with Crippen LogP contribution in [0, 0.1) is 12.7 Å². The van der Waals surface area contributed by atoms with Crippen molar-refractivity contribution in [1.82, 2.24) is 14.7 Å². The Kier molecular flexibility index (Phi) is 6.51. The molecule has 2 N–H and O–H groups in total. The molecule has 5 aromatic rings. The maximum atomic E-state index is 13.6. The van der Waals surface area contributed by atoms with E-state index >= 15 is 0 Å².